The Hall–Kier alpha value is -2.78. The van der Waals surface area contributed by atoms with Crippen molar-refractivity contribution >= 4 is 28.9 Å². The normalized spacial score (nSPS) is 34.0. The number of ketones is 1. The van der Waals surface area contributed by atoms with Gasteiger partial charge in [-0.3, -0.25) is 14.6 Å². The first-order chi connectivity index (χ1) is 19.9. The Balaban J connectivity index is 1.13. The van der Waals surface area contributed by atoms with Crippen molar-refractivity contribution in [2.45, 2.75) is 59.0 Å². The minimum atomic E-state index is -0.0195. The van der Waals surface area contributed by atoms with Gasteiger partial charge in [-0.2, -0.15) is 5.10 Å². The zero-order valence-electron chi connectivity index (χ0n) is 24.7. The smallest absolute Gasteiger partial charge is 0.227 e. The molecule has 7 rings (SSSR count). The average molecular weight is 561 g/mol. The molecule has 4 fully saturated rings. The molecule has 6 atom stereocenters. The van der Waals surface area contributed by atoms with Gasteiger partial charge in [0.25, 0.3) is 0 Å². The van der Waals surface area contributed by atoms with Crippen LogP contribution in [0.5, 0.6) is 0 Å². The zero-order chi connectivity index (χ0) is 28.4. The standard InChI is InChI=1S/C32H44N6O3/c1-21(2)16-24-28-31(17-23(19-33-20-31)30(40)36-12-14-41-15-13-36)32(24,28)18-27(39)29-35-25-6-4-5-7-26(25)37(29)10-11-38-22(3)8-9-34-38/h4-7,9,21-24,28,33H,8,10-20H2,1-3H3/t22?,23-,24?,28?,31?,32?/m1/s1. The Morgan fingerprint density at radius 3 is 2.73 bits per heavy atom. The van der Waals surface area contributed by atoms with Gasteiger partial charge in [-0.05, 0) is 60.5 Å². The number of amides is 1. The Morgan fingerprint density at radius 2 is 1.98 bits per heavy atom. The predicted octanol–water partition coefficient (Wildman–Crippen LogP) is 3.44. The van der Waals surface area contributed by atoms with Crippen LogP contribution in [-0.4, -0.2) is 89.3 Å². The summed E-state index contributed by atoms with van der Waals surface area (Å²) in [5, 5.41) is 10.3. The maximum Gasteiger partial charge on any atom is 0.227 e. The second-order valence-electron chi connectivity index (χ2n) is 13.6. The molecule has 0 radical (unpaired) electrons. The number of nitrogens with zero attached hydrogens (tertiary/aromatic N) is 5. The number of para-hydroxylation sites is 2. The number of benzene rings is 1. The SMILES string of the molecule is CC(C)CC1C2C3(CNC[C@H](C(=O)N4CCOCC4)C3)C12CC(=O)c1nc2ccccc2n1CCN1N=CCC1C. The van der Waals surface area contributed by atoms with E-state index in [4.69, 9.17) is 9.72 Å². The number of carbonyl (C=O) groups excluding carboxylic acids is 2. The molecule has 2 aliphatic carbocycles. The summed E-state index contributed by atoms with van der Waals surface area (Å²) in [6, 6.07) is 8.47. The van der Waals surface area contributed by atoms with E-state index in [-0.39, 0.29) is 28.4 Å². The van der Waals surface area contributed by atoms with E-state index in [9.17, 15) is 9.59 Å². The Kier molecular flexibility index (Phi) is 6.73. The lowest BCUT2D eigenvalue weighted by Gasteiger charge is -2.41. The summed E-state index contributed by atoms with van der Waals surface area (Å²) >= 11 is 0. The van der Waals surface area contributed by atoms with Crippen LogP contribution in [0.4, 0.5) is 0 Å². The van der Waals surface area contributed by atoms with Gasteiger partial charge < -0.3 is 19.5 Å². The highest BCUT2D eigenvalue weighted by molar-refractivity contribution is 5.97. The molecule has 1 N–H and O–H groups in total. The van der Waals surface area contributed by atoms with Crippen molar-refractivity contribution in [1.82, 2.24) is 24.8 Å². The van der Waals surface area contributed by atoms with Crippen LogP contribution in [0.3, 0.4) is 0 Å². The number of hydrogen-bond donors (Lipinski definition) is 1. The van der Waals surface area contributed by atoms with E-state index in [0.29, 0.717) is 68.9 Å². The number of piperidine rings is 1. The lowest BCUT2D eigenvalue weighted by molar-refractivity contribution is -0.141. The van der Waals surface area contributed by atoms with Crippen molar-refractivity contribution in [1.29, 1.82) is 0 Å². The van der Waals surface area contributed by atoms with Crippen molar-refractivity contribution in [3.63, 3.8) is 0 Å². The maximum atomic E-state index is 14.3. The van der Waals surface area contributed by atoms with Crippen molar-refractivity contribution in [2.24, 2.45) is 39.6 Å². The van der Waals surface area contributed by atoms with Crippen LogP contribution < -0.4 is 5.32 Å². The number of hydrogen-bond acceptors (Lipinski definition) is 7. The third-order valence-corrected chi connectivity index (χ3v) is 10.9. The van der Waals surface area contributed by atoms with Gasteiger partial charge in [-0.25, -0.2) is 4.98 Å². The Labute approximate surface area is 242 Å². The summed E-state index contributed by atoms with van der Waals surface area (Å²) in [4.78, 5) is 34.6. The number of carbonyl (C=O) groups is 2. The van der Waals surface area contributed by atoms with Crippen LogP contribution in [0, 0.1) is 34.5 Å². The fourth-order valence-electron chi connectivity index (χ4n) is 8.92. The van der Waals surface area contributed by atoms with Gasteiger partial charge in [0.1, 0.15) is 0 Å². The maximum absolute atomic E-state index is 14.3. The first-order valence-corrected chi connectivity index (χ1v) is 15.7. The topological polar surface area (TPSA) is 92.1 Å². The number of imidazole rings is 1. The van der Waals surface area contributed by atoms with Crippen LogP contribution >= 0.6 is 0 Å². The third kappa shape index (κ3) is 4.33. The summed E-state index contributed by atoms with van der Waals surface area (Å²) in [5.41, 5.74) is 1.92. The van der Waals surface area contributed by atoms with Crippen LogP contribution in [0.1, 0.15) is 57.1 Å². The molecule has 1 spiro atoms. The number of rotatable bonds is 9. The highest BCUT2D eigenvalue weighted by Gasteiger charge is 2.93. The van der Waals surface area contributed by atoms with E-state index in [2.05, 4.69) is 46.8 Å². The van der Waals surface area contributed by atoms with E-state index in [0.717, 1.165) is 49.9 Å². The first-order valence-electron chi connectivity index (χ1n) is 15.7. The molecule has 2 saturated heterocycles. The quantitative estimate of drug-likeness (QED) is 0.473. The van der Waals surface area contributed by atoms with Gasteiger partial charge >= 0.3 is 0 Å². The second kappa shape index (κ2) is 10.2. The molecule has 2 aromatic rings. The Morgan fingerprint density at radius 1 is 1.17 bits per heavy atom. The molecule has 9 nitrogen and oxygen atoms in total. The summed E-state index contributed by atoms with van der Waals surface area (Å²) in [5.74, 6) is 2.63. The van der Waals surface area contributed by atoms with Crippen LogP contribution in [0.2, 0.25) is 0 Å². The van der Waals surface area contributed by atoms with E-state index >= 15 is 0 Å². The average Bonchev–Trinajstić information content (AvgIpc) is 3.56. The lowest BCUT2D eigenvalue weighted by atomic mass is 9.70. The van der Waals surface area contributed by atoms with Crippen molar-refractivity contribution in [3.05, 3.63) is 30.1 Å². The minimum absolute atomic E-state index is 0.0119. The monoisotopic (exact) mass is 560 g/mol. The van der Waals surface area contributed by atoms with Gasteiger partial charge in [-0.15, -0.1) is 0 Å². The number of hydrazone groups is 1. The van der Waals surface area contributed by atoms with Gasteiger partial charge in [0.2, 0.25) is 5.91 Å². The zero-order valence-corrected chi connectivity index (χ0v) is 24.7. The highest BCUT2D eigenvalue weighted by atomic mass is 16.5. The molecule has 1 aromatic carbocycles. The summed E-state index contributed by atoms with van der Waals surface area (Å²) < 4.78 is 7.61. The number of nitrogens with one attached hydrogen (secondary N) is 1. The molecule has 1 amide bonds. The summed E-state index contributed by atoms with van der Waals surface area (Å²) in [7, 11) is 0. The molecule has 5 unspecified atom stereocenters. The minimum Gasteiger partial charge on any atom is -0.378 e. The van der Waals surface area contributed by atoms with Crippen LogP contribution in [0.25, 0.3) is 11.0 Å². The molecule has 220 valence electrons. The number of ether oxygens (including phenoxy) is 1. The molecular formula is C32H44N6O3. The van der Waals surface area contributed by atoms with Crippen LogP contribution in [0.15, 0.2) is 29.4 Å². The fraction of sp³-hybridized carbons (Fsp3) is 0.688. The number of Topliss-reactive ketones (excluding diaryl/α,β-unsaturated/α-hetero) is 1. The molecule has 4 heterocycles. The van der Waals surface area contributed by atoms with Gasteiger partial charge in [0.05, 0.1) is 36.7 Å². The largest absolute Gasteiger partial charge is 0.378 e. The van der Waals surface area contributed by atoms with Crippen molar-refractivity contribution in [2.75, 3.05) is 45.9 Å². The molecule has 5 aliphatic rings. The molecule has 3 aliphatic heterocycles. The van der Waals surface area contributed by atoms with E-state index in [1.54, 1.807) is 0 Å². The van der Waals surface area contributed by atoms with E-state index in [1.807, 2.05) is 29.3 Å². The third-order valence-electron chi connectivity index (χ3n) is 10.9. The van der Waals surface area contributed by atoms with Crippen LogP contribution in [-0.2, 0) is 16.1 Å². The number of morpholine rings is 1. The van der Waals surface area contributed by atoms with Crippen molar-refractivity contribution in [3.8, 4) is 0 Å². The molecular weight excluding hydrogens is 516 g/mol. The molecule has 9 heteroatoms. The molecule has 2 saturated carbocycles. The predicted molar refractivity (Wildman–Crippen MR) is 158 cm³/mol. The Bertz CT molecular complexity index is 1360. The molecule has 0 bridgehead atoms. The summed E-state index contributed by atoms with van der Waals surface area (Å²) in [6.45, 7) is 12.4. The lowest BCUT2D eigenvalue weighted by Crippen LogP contribution is -2.52. The summed E-state index contributed by atoms with van der Waals surface area (Å²) in [6.07, 6.45) is 5.50. The van der Waals surface area contributed by atoms with E-state index < -0.39 is 0 Å². The second-order valence-corrected chi connectivity index (χ2v) is 13.6. The molecule has 1 aromatic heterocycles. The van der Waals surface area contributed by atoms with Gasteiger partial charge in [0.15, 0.2) is 11.6 Å². The van der Waals surface area contributed by atoms with Gasteiger partial charge in [-0.1, -0.05) is 26.0 Å². The highest BCUT2D eigenvalue weighted by Crippen LogP contribution is 2.95. The van der Waals surface area contributed by atoms with E-state index in [1.165, 1.54) is 0 Å². The van der Waals surface area contributed by atoms with Crippen molar-refractivity contribution < 1.29 is 14.3 Å². The fourth-order valence-corrected chi connectivity index (χ4v) is 8.92. The first kappa shape index (κ1) is 27.1. The van der Waals surface area contributed by atoms with Gasteiger partial charge in [0, 0.05) is 57.8 Å². The number of aromatic nitrogens is 2. The molecule has 41 heavy (non-hydrogen) atoms. The number of fused-ring (bicyclic) bond motifs is 4.